The Hall–Kier alpha value is -5.75. The number of aldehydes is 2. The fourth-order valence-corrected chi connectivity index (χ4v) is 5.86. The lowest BCUT2D eigenvalue weighted by Crippen LogP contribution is -2.29. The van der Waals surface area contributed by atoms with Gasteiger partial charge in [0.1, 0.15) is 12.6 Å². The van der Waals surface area contributed by atoms with Gasteiger partial charge in [0.15, 0.2) is 0 Å². The second-order valence-electron chi connectivity index (χ2n) is 13.2. The van der Waals surface area contributed by atoms with E-state index in [2.05, 4.69) is 37.1 Å². The number of hydrogen-bond acceptors (Lipinski definition) is 8. The highest BCUT2D eigenvalue weighted by atomic mass is 16.6. The first kappa shape index (κ1) is 38.7. The number of non-ortho nitro benzene ring substituents is 1. The summed E-state index contributed by atoms with van der Waals surface area (Å²) in [5.41, 5.74) is 10.8. The molecular weight excluding hydrogens is 626 g/mol. The minimum atomic E-state index is -0.763. The average molecular weight is 674 g/mol. The lowest BCUT2D eigenvalue weighted by molar-refractivity contribution is -0.384. The molecule has 0 aliphatic rings. The van der Waals surface area contributed by atoms with Gasteiger partial charge in [-0.05, 0) is 94.3 Å². The molecule has 3 aromatic rings. The van der Waals surface area contributed by atoms with Crippen molar-refractivity contribution >= 4 is 52.1 Å². The molecule has 0 fully saturated rings. The van der Waals surface area contributed by atoms with Gasteiger partial charge in [-0.25, -0.2) is 0 Å². The van der Waals surface area contributed by atoms with Gasteiger partial charge in [0, 0.05) is 60.6 Å². The van der Waals surface area contributed by atoms with Gasteiger partial charge in [-0.1, -0.05) is 64.6 Å². The number of nitrogens with one attached hydrogen (secondary N) is 2. The van der Waals surface area contributed by atoms with Crippen molar-refractivity contribution < 1.29 is 14.5 Å². The van der Waals surface area contributed by atoms with Crippen LogP contribution in [0.3, 0.4) is 0 Å². The summed E-state index contributed by atoms with van der Waals surface area (Å²) in [7, 11) is 0. The number of nitrogens with zero attached hydrogens (tertiary/aromatic N) is 2. The molecule has 0 aromatic heterocycles. The molecule has 0 aliphatic carbocycles. The Morgan fingerprint density at radius 1 is 1.02 bits per heavy atom. The van der Waals surface area contributed by atoms with Crippen LogP contribution in [0.2, 0.25) is 0 Å². The van der Waals surface area contributed by atoms with E-state index in [1.165, 1.54) is 12.1 Å². The molecule has 50 heavy (non-hydrogen) atoms. The first-order valence-corrected chi connectivity index (χ1v) is 16.6. The summed E-state index contributed by atoms with van der Waals surface area (Å²) in [5.74, 6) is 0. The van der Waals surface area contributed by atoms with Gasteiger partial charge in [0.2, 0.25) is 0 Å². The molecule has 0 atom stereocenters. The first-order chi connectivity index (χ1) is 23.8. The maximum atomic E-state index is 11.6. The zero-order valence-corrected chi connectivity index (χ0v) is 29.6. The Kier molecular flexibility index (Phi) is 13.6. The molecular formula is C41H47N5O4. The number of nitrogen functional groups attached to an aromatic ring is 1. The molecule has 9 heteroatoms. The Balaban J connectivity index is 2.00. The molecule has 0 aliphatic heterocycles. The van der Waals surface area contributed by atoms with Crippen LogP contribution in [-0.2, 0) is 15.0 Å². The van der Waals surface area contributed by atoms with Crippen LogP contribution in [0.4, 0.5) is 17.1 Å². The van der Waals surface area contributed by atoms with E-state index < -0.39 is 10.3 Å². The van der Waals surface area contributed by atoms with E-state index in [1.54, 1.807) is 24.3 Å². The minimum Gasteiger partial charge on any atom is -0.399 e. The van der Waals surface area contributed by atoms with E-state index in [0.717, 1.165) is 40.2 Å². The molecule has 0 spiro atoms. The largest absolute Gasteiger partial charge is 0.399 e. The highest BCUT2D eigenvalue weighted by Gasteiger charge is 2.30. The first-order valence-electron chi connectivity index (χ1n) is 16.6. The number of fused-ring (bicyclic) bond motifs is 1. The smallest absolute Gasteiger partial charge is 0.270 e. The van der Waals surface area contributed by atoms with Crippen LogP contribution in [0.15, 0.2) is 96.8 Å². The van der Waals surface area contributed by atoms with Gasteiger partial charge >= 0.3 is 0 Å². The van der Waals surface area contributed by atoms with Crippen molar-refractivity contribution in [1.29, 1.82) is 5.26 Å². The quantitative estimate of drug-likeness (QED) is 0.0230. The third kappa shape index (κ3) is 9.66. The standard InChI is InChI=1S/C41H47N5O4/c1-7-11-31-15-18-34(46(49)50)27-35(31)29(2)41(5,6)38(45-23-10-25-48)20-13-30(28-42)12-8-21-40(3,4)39-36-26-33(43)17-14-32(36)16-19-37(39)44-22-9-24-47/h7-8,11-20,24-27,44-45H,2,9-10,21-23,43H2,1,3-6H3/b11-7-,12-8+,30-13-,38-20+. The third-order valence-corrected chi connectivity index (χ3v) is 8.71. The molecule has 0 unspecified atom stereocenters. The summed E-state index contributed by atoms with van der Waals surface area (Å²) in [6, 6.07) is 16.9. The molecule has 3 rings (SSSR count). The Morgan fingerprint density at radius 3 is 2.38 bits per heavy atom. The maximum Gasteiger partial charge on any atom is 0.270 e. The zero-order chi connectivity index (χ0) is 36.9. The molecule has 260 valence electrons. The Morgan fingerprint density at radius 2 is 1.72 bits per heavy atom. The second-order valence-corrected chi connectivity index (χ2v) is 13.2. The van der Waals surface area contributed by atoms with E-state index in [0.29, 0.717) is 54.0 Å². The third-order valence-electron chi connectivity index (χ3n) is 8.71. The molecule has 0 saturated carbocycles. The van der Waals surface area contributed by atoms with Crippen LogP contribution < -0.4 is 16.4 Å². The second kappa shape index (κ2) is 17.6. The van der Waals surface area contributed by atoms with Crippen LogP contribution in [0, 0.1) is 26.9 Å². The molecule has 3 aromatic carbocycles. The van der Waals surface area contributed by atoms with Gasteiger partial charge < -0.3 is 26.0 Å². The number of nitrogens with two attached hydrogens (primary N) is 1. The number of nitro groups is 1. The number of carbonyl (C=O) groups is 2. The van der Waals surface area contributed by atoms with E-state index in [1.807, 2.05) is 69.3 Å². The van der Waals surface area contributed by atoms with Crippen LogP contribution >= 0.6 is 0 Å². The van der Waals surface area contributed by atoms with E-state index >= 15 is 0 Å². The molecule has 0 amide bonds. The highest BCUT2D eigenvalue weighted by molar-refractivity contribution is 5.93. The van der Waals surface area contributed by atoms with Gasteiger partial charge in [0.25, 0.3) is 5.69 Å². The number of nitriles is 1. The summed E-state index contributed by atoms with van der Waals surface area (Å²) < 4.78 is 0. The van der Waals surface area contributed by atoms with Crippen molar-refractivity contribution in [2.45, 2.75) is 59.3 Å². The van der Waals surface area contributed by atoms with Gasteiger partial charge in [0.05, 0.1) is 16.6 Å². The number of benzene rings is 3. The number of nitro benzene ring substituents is 1. The fourth-order valence-electron chi connectivity index (χ4n) is 5.86. The van der Waals surface area contributed by atoms with Crippen molar-refractivity contribution in [2.24, 2.45) is 5.41 Å². The van der Waals surface area contributed by atoms with Crippen LogP contribution in [0.1, 0.15) is 70.6 Å². The van der Waals surface area contributed by atoms with Crippen molar-refractivity contribution in [1.82, 2.24) is 5.32 Å². The lowest BCUT2D eigenvalue weighted by Gasteiger charge is -2.32. The normalized spacial score (nSPS) is 12.6. The van der Waals surface area contributed by atoms with E-state index in [-0.39, 0.29) is 17.5 Å². The topological polar surface area (TPSA) is 151 Å². The monoisotopic (exact) mass is 673 g/mol. The molecule has 9 nitrogen and oxygen atoms in total. The van der Waals surface area contributed by atoms with Crippen LogP contribution in [-0.4, -0.2) is 30.6 Å². The number of anilines is 2. The van der Waals surface area contributed by atoms with Crippen LogP contribution in [0.25, 0.3) is 22.4 Å². The molecule has 0 radical (unpaired) electrons. The summed E-state index contributed by atoms with van der Waals surface area (Å²) in [4.78, 5) is 33.4. The lowest BCUT2D eigenvalue weighted by atomic mass is 9.76. The summed E-state index contributed by atoms with van der Waals surface area (Å²) in [6.07, 6.45) is 14.0. The zero-order valence-electron chi connectivity index (χ0n) is 29.6. The Bertz CT molecular complexity index is 1910. The predicted molar refractivity (Wildman–Crippen MR) is 205 cm³/mol. The summed E-state index contributed by atoms with van der Waals surface area (Å²) in [5, 5.41) is 30.5. The summed E-state index contributed by atoms with van der Waals surface area (Å²) >= 11 is 0. The van der Waals surface area contributed by atoms with E-state index in [9.17, 15) is 25.0 Å². The van der Waals surface area contributed by atoms with E-state index in [4.69, 9.17) is 5.73 Å². The maximum absolute atomic E-state index is 11.6. The number of carbonyl (C=O) groups excluding carboxylic acids is 2. The van der Waals surface area contributed by atoms with Crippen LogP contribution in [0.5, 0.6) is 0 Å². The van der Waals surface area contributed by atoms with Crippen molar-refractivity contribution in [3.8, 4) is 6.07 Å². The number of hydrogen-bond donors (Lipinski definition) is 3. The van der Waals surface area contributed by atoms with Gasteiger partial charge in [-0.15, -0.1) is 0 Å². The number of allylic oxidation sites excluding steroid dienone is 7. The summed E-state index contributed by atoms with van der Waals surface area (Å²) in [6.45, 7) is 15.3. The number of rotatable bonds is 18. The highest BCUT2D eigenvalue weighted by Crippen LogP contribution is 2.42. The van der Waals surface area contributed by atoms with Gasteiger partial charge in [-0.2, -0.15) is 5.26 Å². The molecule has 0 saturated heterocycles. The van der Waals surface area contributed by atoms with Crippen molar-refractivity contribution in [2.75, 3.05) is 24.1 Å². The molecule has 4 N–H and O–H groups in total. The average Bonchev–Trinajstić information content (AvgIpc) is 3.08. The van der Waals surface area contributed by atoms with Crippen molar-refractivity contribution in [3.63, 3.8) is 0 Å². The Labute approximate surface area is 295 Å². The molecule has 0 bridgehead atoms. The molecule has 0 heterocycles. The van der Waals surface area contributed by atoms with Crippen molar-refractivity contribution in [3.05, 3.63) is 124 Å². The minimum absolute atomic E-state index is 0.0415. The fraction of sp³-hybridized carbons (Fsp3) is 0.293. The SMILES string of the molecule is C=C(c1cc([N+](=O)[O-])ccc1/C=C\C)C(C)(C)\C(=C/C=C(C#N)/C=C/CC(C)(C)c1c(NCCC=O)ccc2ccc(N)cc12)NCCC=O. The predicted octanol–water partition coefficient (Wildman–Crippen LogP) is 8.84. The van der Waals surface area contributed by atoms with Gasteiger partial charge in [-0.3, -0.25) is 10.1 Å².